The van der Waals surface area contributed by atoms with Gasteiger partial charge in [0, 0.05) is 32.9 Å². The third-order valence-electron chi connectivity index (χ3n) is 10.6. The highest BCUT2D eigenvalue weighted by molar-refractivity contribution is 6.13. The van der Waals surface area contributed by atoms with E-state index in [2.05, 4.69) is 135 Å². The van der Waals surface area contributed by atoms with Crippen molar-refractivity contribution in [2.45, 2.75) is 19.3 Å². The first-order chi connectivity index (χ1) is 25.5. The van der Waals surface area contributed by atoms with Crippen LogP contribution in [0.15, 0.2) is 168 Å². The van der Waals surface area contributed by atoms with E-state index in [-0.39, 0.29) is 5.41 Å². The third-order valence-corrected chi connectivity index (χ3v) is 10.6. The maximum absolute atomic E-state index is 6.53. The Hall–Kier alpha value is -6.65. The molecule has 0 bridgehead atoms. The molecule has 1 aliphatic rings. The second kappa shape index (κ2) is 11.7. The summed E-state index contributed by atoms with van der Waals surface area (Å²) in [4.78, 5) is 15.2. The molecule has 9 aromatic rings. The summed E-state index contributed by atoms with van der Waals surface area (Å²) in [6.07, 6.45) is 0. The van der Waals surface area contributed by atoms with Gasteiger partial charge in [0.2, 0.25) is 0 Å². The summed E-state index contributed by atoms with van der Waals surface area (Å²) < 4.78 is 6.53. The topological polar surface area (TPSA) is 51.8 Å². The lowest BCUT2D eigenvalue weighted by atomic mass is 9.82. The van der Waals surface area contributed by atoms with E-state index in [0.29, 0.717) is 17.5 Å². The van der Waals surface area contributed by atoms with E-state index in [1.54, 1.807) is 0 Å². The molecule has 0 N–H and O–H groups in total. The fourth-order valence-electron chi connectivity index (χ4n) is 7.89. The molecule has 0 amide bonds. The minimum Gasteiger partial charge on any atom is -0.456 e. The van der Waals surface area contributed by atoms with Gasteiger partial charge in [0.25, 0.3) is 0 Å². The molecule has 246 valence electrons. The summed E-state index contributed by atoms with van der Waals surface area (Å²) in [5.74, 6) is 1.87. The minimum absolute atomic E-state index is 0.0720. The molecular weight excluding hydrogens is 635 g/mol. The van der Waals surface area contributed by atoms with E-state index in [9.17, 15) is 0 Å². The Morgan fingerprint density at radius 1 is 0.385 bits per heavy atom. The molecule has 4 nitrogen and oxygen atoms in total. The number of hydrogen-bond donors (Lipinski definition) is 0. The van der Waals surface area contributed by atoms with Gasteiger partial charge in [-0.3, -0.25) is 0 Å². The Morgan fingerprint density at radius 2 is 0.923 bits per heavy atom. The molecule has 0 spiro atoms. The number of fused-ring (bicyclic) bond motifs is 6. The van der Waals surface area contributed by atoms with Gasteiger partial charge in [-0.1, -0.05) is 153 Å². The molecule has 0 radical (unpaired) electrons. The number of benzene rings is 7. The van der Waals surface area contributed by atoms with Crippen molar-refractivity contribution in [2.75, 3.05) is 0 Å². The number of rotatable bonds is 5. The molecule has 0 fully saturated rings. The normalized spacial score (nSPS) is 13.0. The lowest BCUT2D eigenvalue weighted by Gasteiger charge is -2.21. The van der Waals surface area contributed by atoms with Gasteiger partial charge in [-0.2, -0.15) is 0 Å². The Bertz CT molecular complexity index is 2800. The first-order valence-corrected chi connectivity index (χ1v) is 17.7. The molecule has 1 aliphatic carbocycles. The van der Waals surface area contributed by atoms with Gasteiger partial charge in [-0.05, 0) is 68.8 Å². The van der Waals surface area contributed by atoms with Crippen LogP contribution < -0.4 is 0 Å². The van der Waals surface area contributed by atoms with Crippen molar-refractivity contribution in [3.05, 3.63) is 175 Å². The summed E-state index contributed by atoms with van der Waals surface area (Å²) in [6, 6.07) is 57.3. The quantitative estimate of drug-likeness (QED) is 0.183. The summed E-state index contributed by atoms with van der Waals surface area (Å²) in [6.45, 7) is 4.59. The molecule has 2 aromatic heterocycles. The van der Waals surface area contributed by atoms with Crippen LogP contribution in [0.5, 0.6) is 0 Å². The SMILES string of the molecule is CC1(C)c2ccccc2-c2cc(-c3nc(-c4ccccc4)nc(-c4ccc5c(c4)oc4cccc(-c6ccc(-c7ccccc7)cc6)c45)n3)ccc21. The van der Waals surface area contributed by atoms with Gasteiger partial charge in [-0.15, -0.1) is 0 Å². The van der Waals surface area contributed by atoms with E-state index in [1.165, 1.54) is 33.4 Å². The summed E-state index contributed by atoms with van der Waals surface area (Å²) in [7, 11) is 0. The Balaban J connectivity index is 1.09. The van der Waals surface area contributed by atoms with Crippen molar-refractivity contribution < 1.29 is 4.42 Å². The van der Waals surface area contributed by atoms with Crippen LogP contribution in [0.1, 0.15) is 25.0 Å². The monoisotopic (exact) mass is 667 g/mol. The Kier molecular flexibility index (Phi) is 6.80. The van der Waals surface area contributed by atoms with E-state index in [1.807, 2.05) is 42.5 Å². The summed E-state index contributed by atoms with van der Waals surface area (Å²) >= 11 is 0. The zero-order valence-corrected chi connectivity index (χ0v) is 28.8. The fraction of sp³-hybridized carbons (Fsp3) is 0.0625. The van der Waals surface area contributed by atoms with Crippen LogP contribution in [-0.4, -0.2) is 15.0 Å². The van der Waals surface area contributed by atoms with E-state index in [0.717, 1.165) is 49.8 Å². The van der Waals surface area contributed by atoms with Gasteiger partial charge in [0.15, 0.2) is 17.5 Å². The smallest absolute Gasteiger partial charge is 0.164 e. The van der Waals surface area contributed by atoms with Crippen LogP contribution in [0, 0.1) is 0 Å². The molecule has 10 rings (SSSR count). The molecular formula is C48H33N3O. The first-order valence-electron chi connectivity index (χ1n) is 17.7. The highest BCUT2D eigenvalue weighted by Gasteiger charge is 2.35. The second-order valence-electron chi connectivity index (χ2n) is 14.0. The molecule has 4 heteroatoms. The predicted molar refractivity (Wildman–Crippen MR) is 212 cm³/mol. The lowest BCUT2D eigenvalue weighted by Crippen LogP contribution is -2.14. The maximum atomic E-state index is 6.53. The highest BCUT2D eigenvalue weighted by atomic mass is 16.3. The van der Waals surface area contributed by atoms with Gasteiger partial charge < -0.3 is 4.42 Å². The Labute approximate surface area is 302 Å². The molecule has 0 saturated heterocycles. The molecule has 2 heterocycles. The molecule has 0 saturated carbocycles. The number of hydrogen-bond acceptors (Lipinski definition) is 4. The average molecular weight is 668 g/mol. The molecule has 0 atom stereocenters. The van der Waals surface area contributed by atoms with Gasteiger partial charge in [-0.25, -0.2) is 15.0 Å². The standard InChI is InChI=1S/C48H33N3O/c1-48(2)40-18-10-9-16-37(40)39-28-34(25-27-41(39)48)46-49-45(33-14-7-4-8-15-33)50-47(51-46)35-24-26-38-43(29-35)52-42-19-11-17-36(44(38)42)32-22-20-31(21-23-32)30-12-5-3-6-13-30/h3-29H,1-2H3. The van der Waals surface area contributed by atoms with Gasteiger partial charge in [0.1, 0.15) is 11.2 Å². The maximum Gasteiger partial charge on any atom is 0.164 e. The van der Waals surface area contributed by atoms with Gasteiger partial charge in [0.05, 0.1) is 0 Å². The predicted octanol–water partition coefficient (Wildman–Crippen LogP) is 12.4. The summed E-state index contributed by atoms with van der Waals surface area (Å²) in [5, 5.41) is 2.15. The van der Waals surface area contributed by atoms with Crippen LogP contribution in [0.3, 0.4) is 0 Å². The van der Waals surface area contributed by atoms with Crippen molar-refractivity contribution in [3.63, 3.8) is 0 Å². The van der Waals surface area contributed by atoms with Crippen molar-refractivity contribution in [3.8, 4) is 67.5 Å². The number of nitrogens with zero attached hydrogens (tertiary/aromatic N) is 3. The first kappa shape index (κ1) is 30.2. The van der Waals surface area contributed by atoms with Crippen LogP contribution in [-0.2, 0) is 5.41 Å². The number of furan rings is 1. The Morgan fingerprint density at radius 3 is 1.67 bits per heavy atom. The zero-order valence-electron chi connectivity index (χ0n) is 28.8. The van der Waals surface area contributed by atoms with Crippen molar-refractivity contribution in [1.82, 2.24) is 15.0 Å². The minimum atomic E-state index is -0.0720. The molecule has 0 aliphatic heterocycles. The van der Waals surface area contributed by atoms with Crippen molar-refractivity contribution >= 4 is 21.9 Å². The van der Waals surface area contributed by atoms with Crippen LogP contribution in [0.2, 0.25) is 0 Å². The highest BCUT2D eigenvalue weighted by Crippen LogP contribution is 2.49. The second-order valence-corrected chi connectivity index (χ2v) is 14.0. The third kappa shape index (κ3) is 4.87. The molecule has 52 heavy (non-hydrogen) atoms. The fourth-order valence-corrected chi connectivity index (χ4v) is 7.89. The van der Waals surface area contributed by atoms with E-state index in [4.69, 9.17) is 19.4 Å². The largest absolute Gasteiger partial charge is 0.456 e. The van der Waals surface area contributed by atoms with E-state index < -0.39 is 0 Å². The summed E-state index contributed by atoms with van der Waals surface area (Å²) in [5.41, 5.74) is 14.2. The molecule has 0 unspecified atom stereocenters. The van der Waals surface area contributed by atoms with Crippen LogP contribution >= 0.6 is 0 Å². The van der Waals surface area contributed by atoms with Crippen LogP contribution in [0.25, 0.3) is 89.5 Å². The lowest BCUT2D eigenvalue weighted by molar-refractivity contribution is 0.660. The van der Waals surface area contributed by atoms with E-state index >= 15 is 0 Å². The van der Waals surface area contributed by atoms with Crippen LogP contribution in [0.4, 0.5) is 0 Å². The van der Waals surface area contributed by atoms with Crippen molar-refractivity contribution in [1.29, 1.82) is 0 Å². The number of aromatic nitrogens is 3. The molecule has 7 aromatic carbocycles. The van der Waals surface area contributed by atoms with Crippen molar-refractivity contribution in [2.24, 2.45) is 0 Å². The zero-order chi connectivity index (χ0) is 34.8. The van der Waals surface area contributed by atoms with Gasteiger partial charge >= 0.3 is 0 Å². The average Bonchev–Trinajstić information content (AvgIpc) is 3.70.